The maximum absolute atomic E-state index is 12.3. The molecule has 0 amide bonds. The number of hydrogen-bond donors (Lipinski definition) is 2. The zero-order chi connectivity index (χ0) is 26.0. The largest absolute Gasteiger partial charge is 0.472 e. The summed E-state index contributed by atoms with van der Waals surface area (Å²) >= 11 is 0. The van der Waals surface area contributed by atoms with Gasteiger partial charge < -0.3 is 20.1 Å². The molecule has 0 aromatic heterocycles. The van der Waals surface area contributed by atoms with Gasteiger partial charge in [0.1, 0.15) is 6.10 Å². The van der Waals surface area contributed by atoms with Crippen LogP contribution in [-0.4, -0.2) is 49.9 Å². The minimum Gasteiger partial charge on any atom is -0.457 e. The van der Waals surface area contributed by atoms with Gasteiger partial charge in [-0.1, -0.05) is 83.8 Å². The van der Waals surface area contributed by atoms with Gasteiger partial charge in [0.05, 0.1) is 19.8 Å². The fraction of sp³-hybridized carbons (Fsp3) is 0.885. The molecule has 208 valence electrons. The third-order valence-corrected chi connectivity index (χ3v) is 6.40. The van der Waals surface area contributed by atoms with E-state index in [1.165, 1.54) is 38.5 Å². The number of unbranched alkanes of at least 4 members (excludes halogenated alkanes) is 11. The third kappa shape index (κ3) is 24.7. The zero-order valence-corrected chi connectivity index (χ0v) is 23.2. The molecule has 8 nitrogen and oxygen atoms in total. The number of esters is 1. The SMILES string of the molecule is CCC/C=C\CCCCCCCC(=O)OC(COCCCCCCCC)COP(=O)(O)OCCN. The first-order valence-electron chi connectivity index (χ1n) is 13.7. The average Bonchev–Trinajstić information content (AvgIpc) is 2.84. The summed E-state index contributed by atoms with van der Waals surface area (Å²) in [6, 6.07) is 0. The number of nitrogens with two attached hydrogens (primary N) is 1. The van der Waals surface area contributed by atoms with Crippen LogP contribution < -0.4 is 5.73 Å². The minimum absolute atomic E-state index is 0.0954. The summed E-state index contributed by atoms with van der Waals surface area (Å²) in [5.74, 6) is -0.347. The highest BCUT2D eigenvalue weighted by atomic mass is 31.2. The molecule has 0 heterocycles. The lowest BCUT2D eigenvalue weighted by molar-refractivity contribution is -0.154. The molecule has 0 radical (unpaired) electrons. The van der Waals surface area contributed by atoms with E-state index in [0.717, 1.165) is 51.4 Å². The molecule has 0 aliphatic rings. The van der Waals surface area contributed by atoms with Crippen molar-refractivity contribution < 1.29 is 32.8 Å². The number of hydrogen-bond acceptors (Lipinski definition) is 7. The Hall–Kier alpha value is -0.760. The molecule has 0 saturated heterocycles. The van der Waals surface area contributed by atoms with E-state index in [-0.39, 0.29) is 32.3 Å². The van der Waals surface area contributed by atoms with Gasteiger partial charge in [0.25, 0.3) is 0 Å². The van der Waals surface area contributed by atoms with Gasteiger partial charge in [-0.3, -0.25) is 13.8 Å². The monoisotopic (exact) mass is 521 g/mol. The summed E-state index contributed by atoms with van der Waals surface area (Å²) in [6.07, 6.45) is 19.5. The van der Waals surface area contributed by atoms with Crippen LogP contribution in [0.25, 0.3) is 0 Å². The molecule has 2 atom stereocenters. The van der Waals surface area contributed by atoms with Gasteiger partial charge in [0.2, 0.25) is 0 Å². The summed E-state index contributed by atoms with van der Waals surface area (Å²) < 4.78 is 32.8. The molecule has 0 saturated carbocycles. The summed E-state index contributed by atoms with van der Waals surface area (Å²) in [6.45, 7) is 4.76. The van der Waals surface area contributed by atoms with Gasteiger partial charge in [-0.25, -0.2) is 4.57 Å². The highest BCUT2D eigenvalue weighted by Gasteiger charge is 2.25. The Labute approximate surface area is 213 Å². The van der Waals surface area contributed by atoms with E-state index in [4.69, 9.17) is 24.3 Å². The number of carbonyl (C=O) groups is 1. The Bertz CT molecular complexity index is 560. The first-order chi connectivity index (χ1) is 16.9. The number of rotatable bonds is 26. The maximum atomic E-state index is 12.3. The predicted molar refractivity (Wildman–Crippen MR) is 141 cm³/mol. The Balaban J connectivity index is 4.23. The van der Waals surface area contributed by atoms with Crippen molar-refractivity contribution in [2.75, 3.05) is 33.0 Å². The molecule has 0 aromatic rings. The van der Waals surface area contributed by atoms with Crippen LogP contribution in [0.3, 0.4) is 0 Å². The Kier molecular flexibility index (Phi) is 24.4. The van der Waals surface area contributed by atoms with E-state index in [0.29, 0.717) is 13.0 Å². The van der Waals surface area contributed by atoms with Crippen LogP contribution >= 0.6 is 7.82 Å². The molecule has 35 heavy (non-hydrogen) atoms. The summed E-state index contributed by atoms with van der Waals surface area (Å²) in [7, 11) is -4.24. The summed E-state index contributed by atoms with van der Waals surface area (Å²) in [5.41, 5.74) is 5.29. The van der Waals surface area contributed by atoms with E-state index in [2.05, 4.69) is 26.0 Å². The first-order valence-corrected chi connectivity index (χ1v) is 15.2. The molecule has 0 spiro atoms. The van der Waals surface area contributed by atoms with Crippen LogP contribution in [0.1, 0.15) is 110 Å². The second-order valence-corrected chi connectivity index (χ2v) is 10.4. The molecular weight excluding hydrogens is 469 g/mol. The van der Waals surface area contributed by atoms with Gasteiger partial charge in [0, 0.05) is 19.6 Å². The van der Waals surface area contributed by atoms with Crippen molar-refractivity contribution >= 4 is 13.8 Å². The number of carbonyl (C=O) groups excluding carboxylic acids is 1. The fourth-order valence-corrected chi connectivity index (χ4v) is 4.17. The van der Waals surface area contributed by atoms with Crippen molar-refractivity contribution in [1.82, 2.24) is 0 Å². The van der Waals surface area contributed by atoms with Crippen molar-refractivity contribution in [1.29, 1.82) is 0 Å². The average molecular weight is 522 g/mol. The molecule has 0 rings (SSSR count). The Morgan fingerprint density at radius 1 is 0.829 bits per heavy atom. The molecule has 0 aromatic carbocycles. The molecule has 2 unspecified atom stereocenters. The number of phosphoric acid groups is 1. The van der Waals surface area contributed by atoms with Crippen molar-refractivity contribution in [2.24, 2.45) is 5.73 Å². The van der Waals surface area contributed by atoms with E-state index in [1.807, 2.05) is 0 Å². The highest BCUT2D eigenvalue weighted by molar-refractivity contribution is 7.47. The lowest BCUT2D eigenvalue weighted by Crippen LogP contribution is -2.28. The standard InChI is InChI=1S/C26H52NO7P/c1-3-5-7-9-11-12-13-14-15-17-19-26(28)34-25(24-33-35(29,30)32-22-20-27)23-31-21-18-16-10-8-6-4-2/h7,9,25H,3-6,8,10-24,27H2,1-2H3,(H,29,30)/b9-7-. The summed E-state index contributed by atoms with van der Waals surface area (Å²) in [4.78, 5) is 22.0. The smallest absolute Gasteiger partial charge is 0.457 e. The van der Waals surface area contributed by atoms with Crippen molar-refractivity contribution in [3.63, 3.8) is 0 Å². The predicted octanol–water partition coefficient (Wildman–Crippen LogP) is 6.45. The van der Waals surface area contributed by atoms with Crippen molar-refractivity contribution in [3.8, 4) is 0 Å². The molecule has 0 aliphatic heterocycles. The lowest BCUT2D eigenvalue weighted by Gasteiger charge is -2.20. The number of phosphoric ester groups is 1. The van der Waals surface area contributed by atoms with E-state index in [1.54, 1.807) is 0 Å². The normalized spacial score (nSPS) is 14.3. The van der Waals surface area contributed by atoms with Crippen LogP contribution in [0.2, 0.25) is 0 Å². The van der Waals surface area contributed by atoms with Gasteiger partial charge in [-0.15, -0.1) is 0 Å². The molecule has 0 bridgehead atoms. The molecule has 0 aliphatic carbocycles. The van der Waals surface area contributed by atoms with Crippen LogP contribution in [0.4, 0.5) is 0 Å². The third-order valence-electron chi connectivity index (χ3n) is 5.41. The topological polar surface area (TPSA) is 117 Å². The minimum atomic E-state index is -4.24. The first kappa shape index (κ1) is 34.2. The molecule has 3 N–H and O–H groups in total. The van der Waals surface area contributed by atoms with Crippen LogP contribution in [0.15, 0.2) is 12.2 Å². The molecular formula is C26H52NO7P. The van der Waals surface area contributed by atoms with Gasteiger partial charge in [-0.05, 0) is 32.1 Å². The number of allylic oxidation sites excluding steroid dienone is 2. The van der Waals surface area contributed by atoms with Crippen molar-refractivity contribution in [2.45, 2.75) is 116 Å². The number of ether oxygens (including phenoxy) is 2. The van der Waals surface area contributed by atoms with Gasteiger partial charge in [-0.2, -0.15) is 0 Å². The Morgan fingerprint density at radius 3 is 2.20 bits per heavy atom. The van der Waals surface area contributed by atoms with Crippen LogP contribution in [-0.2, 0) is 27.9 Å². The fourth-order valence-electron chi connectivity index (χ4n) is 3.41. The maximum Gasteiger partial charge on any atom is 0.472 e. The Morgan fingerprint density at radius 2 is 1.49 bits per heavy atom. The molecule has 9 heteroatoms. The second-order valence-electron chi connectivity index (χ2n) is 8.91. The van der Waals surface area contributed by atoms with E-state index < -0.39 is 13.9 Å². The van der Waals surface area contributed by atoms with E-state index in [9.17, 15) is 14.3 Å². The van der Waals surface area contributed by atoms with Crippen LogP contribution in [0, 0.1) is 0 Å². The van der Waals surface area contributed by atoms with Gasteiger partial charge >= 0.3 is 13.8 Å². The second kappa shape index (κ2) is 24.9. The summed E-state index contributed by atoms with van der Waals surface area (Å²) in [5, 5.41) is 0. The van der Waals surface area contributed by atoms with Crippen LogP contribution in [0.5, 0.6) is 0 Å². The van der Waals surface area contributed by atoms with Gasteiger partial charge in [0.15, 0.2) is 0 Å². The lowest BCUT2D eigenvalue weighted by atomic mass is 10.1. The quantitative estimate of drug-likeness (QED) is 0.0577. The van der Waals surface area contributed by atoms with Crippen molar-refractivity contribution in [3.05, 3.63) is 12.2 Å². The molecule has 0 fully saturated rings. The zero-order valence-electron chi connectivity index (χ0n) is 22.3. The highest BCUT2D eigenvalue weighted by Crippen LogP contribution is 2.43. The van der Waals surface area contributed by atoms with E-state index >= 15 is 0 Å².